The van der Waals surface area contributed by atoms with Crippen LogP contribution in [0.15, 0.2) is 54.2 Å². The molecule has 3 aromatic rings. The van der Waals surface area contributed by atoms with E-state index >= 15 is 0 Å². The zero-order chi connectivity index (χ0) is 19.3. The zero-order valence-electron chi connectivity index (χ0n) is 16.0. The molecule has 6 heteroatoms. The van der Waals surface area contributed by atoms with Gasteiger partial charge >= 0.3 is 0 Å². The fraction of sp³-hybridized carbons (Fsp3) is 0.364. The minimum Gasteiger partial charge on any atom is -0.392 e. The Hall–Kier alpha value is -2.54. The summed E-state index contributed by atoms with van der Waals surface area (Å²) in [5.41, 5.74) is 11.1. The highest BCUT2D eigenvalue weighted by Gasteiger charge is 2.27. The lowest BCUT2D eigenvalue weighted by molar-refractivity contribution is 0.180. The summed E-state index contributed by atoms with van der Waals surface area (Å²) in [6.45, 7) is 1.75. The fourth-order valence-corrected chi connectivity index (χ4v) is 3.97. The summed E-state index contributed by atoms with van der Waals surface area (Å²) in [7, 11) is 0. The number of nitrogens with two attached hydrogens (primary N) is 1. The molecule has 2 aromatic heterocycles. The number of hydrogen-bond donors (Lipinski definition) is 3. The Morgan fingerprint density at radius 2 is 2.18 bits per heavy atom. The van der Waals surface area contributed by atoms with Gasteiger partial charge in [-0.1, -0.05) is 24.3 Å². The maximum Gasteiger partial charge on any atom is 0.121 e. The van der Waals surface area contributed by atoms with E-state index in [1.165, 1.54) is 5.56 Å². The van der Waals surface area contributed by atoms with Crippen molar-refractivity contribution in [2.45, 2.75) is 31.8 Å². The van der Waals surface area contributed by atoms with Crippen molar-refractivity contribution < 1.29 is 5.11 Å². The summed E-state index contributed by atoms with van der Waals surface area (Å²) in [5, 5.41) is 9.49. The maximum atomic E-state index is 9.49. The molecular formula is C22H27N5O. The van der Waals surface area contributed by atoms with E-state index in [4.69, 9.17) is 15.7 Å². The molecule has 1 unspecified atom stereocenters. The van der Waals surface area contributed by atoms with Crippen LogP contribution in [0.3, 0.4) is 0 Å². The van der Waals surface area contributed by atoms with Crippen LogP contribution < -0.4 is 5.73 Å². The molecular weight excluding hydrogens is 350 g/mol. The number of H-pyrrole nitrogens is 1. The molecule has 0 spiro atoms. The molecule has 4 rings (SSSR count). The Bertz CT molecular complexity index is 925. The quantitative estimate of drug-likeness (QED) is 0.551. The van der Waals surface area contributed by atoms with Crippen LogP contribution in [0.25, 0.3) is 11.0 Å². The van der Waals surface area contributed by atoms with Gasteiger partial charge in [-0.15, -0.1) is 0 Å². The van der Waals surface area contributed by atoms with E-state index in [0.717, 1.165) is 47.4 Å². The van der Waals surface area contributed by atoms with Crippen LogP contribution in [0.2, 0.25) is 0 Å². The van der Waals surface area contributed by atoms with Crippen molar-refractivity contribution in [3.05, 3.63) is 71.3 Å². The van der Waals surface area contributed by atoms with E-state index in [1.54, 1.807) is 0 Å². The van der Waals surface area contributed by atoms with Crippen molar-refractivity contribution in [1.82, 2.24) is 19.9 Å². The van der Waals surface area contributed by atoms with Gasteiger partial charge in [0.05, 0.1) is 35.9 Å². The Labute approximate surface area is 165 Å². The molecule has 1 aliphatic rings. The van der Waals surface area contributed by atoms with Gasteiger partial charge in [0.1, 0.15) is 5.82 Å². The second kappa shape index (κ2) is 8.65. The Kier molecular flexibility index (Phi) is 5.81. The third kappa shape index (κ3) is 3.99. The van der Waals surface area contributed by atoms with Gasteiger partial charge < -0.3 is 15.8 Å². The lowest BCUT2D eigenvalue weighted by atomic mass is 9.90. The van der Waals surface area contributed by atoms with Gasteiger partial charge in [0.15, 0.2) is 0 Å². The highest BCUT2D eigenvalue weighted by molar-refractivity contribution is 5.74. The van der Waals surface area contributed by atoms with E-state index in [0.29, 0.717) is 19.6 Å². The molecule has 0 radical (unpaired) electrons. The maximum absolute atomic E-state index is 9.49. The predicted molar refractivity (Wildman–Crippen MR) is 111 cm³/mol. The molecule has 2 heterocycles. The zero-order valence-corrected chi connectivity index (χ0v) is 16.0. The number of aliphatic hydroxyl groups excluding tert-OH is 1. The topological polar surface area (TPSA) is 91.1 Å². The summed E-state index contributed by atoms with van der Waals surface area (Å²) < 4.78 is 0. The van der Waals surface area contributed by atoms with Crippen molar-refractivity contribution >= 4 is 11.0 Å². The molecule has 0 amide bonds. The number of para-hydroxylation sites is 2. The van der Waals surface area contributed by atoms with Crippen LogP contribution in [0.1, 0.15) is 36.0 Å². The van der Waals surface area contributed by atoms with Crippen LogP contribution >= 0.6 is 0 Å². The molecule has 0 fully saturated rings. The molecule has 28 heavy (non-hydrogen) atoms. The largest absolute Gasteiger partial charge is 0.392 e. The van der Waals surface area contributed by atoms with Crippen molar-refractivity contribution in [1.29, 1.82) is 0 Å². The van der Waals surface area contributed by atoms with Gasteiger partial charge in [-0.25, -0.2) is 4.98 Å². The third-order valence-corrected chi connectivity index (χ3v) is 5.48. The average Bonchev–Trinajstić information content (AvgIpc) is 3.15. The second-order valence-electron chi connectivity index (χ2n) is 7.31. The summed E-state index contributed by atoms with van der Waals surface area (Å²) in [6, 6.07) is 12.5. The SMILES string of the molecule is NC/C(=C\CN(Cc1nc2ccccc2[nH]1)C1CCCc2cccnc21)CO. The Balaban J connectivity index is 1.65. The van der Waals surface area contributed by atoms with Gasteiger partial charge in [-0.05, 0) is 48.6 Å². The van der Waals surface area contributed by atoms with Crippen LogP contribution in [-0.2, 0) is 13.0 Å². The number of aliphatic hydroxyl groups is 1. The number of hydrogen-bond acceptors (Lipinski definition) is 5. The molecule has 1 aliphatic carbocycles. The minimum atomic E-state index is -0.00547. The molecule has 0 saturated carbocycles. The number of pyridine rings is 1. The predicted octanol–water partition coefficient (Wildman–Crippen LogP) is 2.71. The minimum absolute atomic E-state index is 0.00547. The molecule has 4 N–H and O–H groups in total. The molecule has 1 atom stereocenters. The second-order valence-corrected chi connectivity index (χ2v) is 7.31. The van der Waals surface area contributed by atoms with Gasteiger partial charge in [-0.3, -0.25) is 9.88 Å². The highest BCUT2D eigenvalue weighted by atomic mass is 16.3. The normalized spacial score (nSPS) is 17.2. The number of aromatic amines is 1. The molecule has 146 valence electrons. The first-order valence-electron chi connectivity index (χ1n) is 9.88. The molecule has 0 saturated heterocycles. The van der Waals surface area contributed by atoms with E-state index in [1.807, 2.05) is 42.6 Å². The first-order chi connectivity index (χ1) is 13.8. The van der Waals surface area contributed by atoms with Crippen molar-refractivity contribution in [2.75, 3.05) is 19.7 Å². The van der Waals surface area contributed by atoms with Gasteiger partial charge in [0.2, 0.25) is 0 Å². The summed E-state index contributed by atoms with van der Waals surface area (Å²) in [6.07, 6.45) is 7.21. The first-order valence-corrected chi connectivity index (χ1v) is 9.88. The summed E-state index contributed by atoms with van der Waals surface area (Å²) in [5.74, 6) is 0.941. The van der Waals surface area contributed by atoms with Crippen molar-refractivity contribution in [3.8, 4) is 0 Å². The van der Waals surface area contributed by atoms with Crippen molar-refractivity contribution in [2.24, 2.45) is 5.73 Å². The van der Waals surface area contributed by atoms with Crippen LogP contribution in [0, 0.1) is 0 Å². The van der Waals surface area contributed by atoms with E-state index < -0.39 is 0 Å². The number of nitrogens with zero attached hydrogens (tertiary/aromatic N) is 3. The van der Waals surface area contributed by atoms with Gasteiger partial charge in [0, 0.05) is 19.3 Å². The van der Waals surface area contributed by atoms with Crippen molar-refractivity contribution in [3.63, 3.8) is 0 Å². The molecule has 0 aliphatic heterocycles. The Morgan fingerprint density at radius 1 is 1.29 bits per heavy atom. The fourth-order valence-electron chi connectivity index (χ4n) is 3.97. The number of imidazole rings is 1. The number of nitrogens with one attached hydrogen (secondary N) is 1. The highest BCUT2D eigenvalue weighted by Crippen LogP contribution is 2.33. The van der Waals surface area contributed by atoms with E-state index in [2.05, 4.69) is 16.0 Å². The Morgan fingerprint density at radius 3 is 3.00 bits per heavy atom. The monoisotopic (exact) mass is 377 g/mol. The molecule has 6 nitrogen and oxygen atoms in total. The standard InChI is InChI=1S/C22H27N5O/c23-13-16(15-28)10-12-27(14-21-25-18-7-1-2-8-19(18)26-21)20-9-3-5-17-6-4-11-24-22(17)20/h1-2,4,6-8,10-11,20,28H,3,5,9,12-15,23H2,(H,25,26)/b16-10+. The number of rotatable bonds is 7. The molecule has 1 aromatic carbocycles. The lowest BCUT2D eigenvalue weighted by Crippen LogP contribution is -2.32. The van der Waals surface area contributed by atoms with Crippen LogP contribution in [0.4, 0.5) is 0 Å². The lowest BCUT2D eigenvalue weighted by Gasteiger charge is -2.34. The average molecular weight is 377 g/mol. The number of fused-ring (bicyclic) bond motifs is 2. The smallest absolute Gasteiger partial charge is 0.121 e. The number of aryl methyl sites for hydroxylation is 1. The summed E-state index contributed by atoms with van der Waals surface area (Å²) >= 11 is 0. The third-order valence-electron chi connectivity index (χ3n) is 5.48. The van der Waals surface area contributed by atoms with Gasteiger partial charge in [0.25, 0.3) is 0 Å². The first kappa shape index (κ1) is 18.8. The van der Waals surface area contributed by atoms with E-state index in [-0.39, 0.29) is 12.6 Å². The van der Waals surface area contributed by atoms with Gasteiger partial charge in [-0.2, -0.15) is 0 Å². The number of benzene rings is 1. The molecule has 0 bridgehead atoms. The number of aromatic nitrogens is 3. The summed E-state index contributed by atoms with van der Waals surface area (Å²) in [4.78, 5) is 15.3. The van der Waals surface area contributed by atoms with E-state index in [9.17, 15) is 5.11 Å². The van der Waals surface area contributed by atoms with Crippen LogP contribution in [-0.4, -0.2) is 44.7 Å². The van der Waals surface area contributed by atoms with Crippen LogP contribution in [0.5, 0.6) is 0 Å².